The molecular weight excluding hydrogens is 302 g/mol. The molecular formula is C15H23N3O5. The van der Waals surface area contributed by atoms with Crippen LogP contribution in [-0.4, -0.2) is 44.4 Å². The zero-order valence-corrected chi connectivity index (χ0v) is 13.4. The normalized spacial score (nSPS) is 10.0. The maximum atomic E-state index is 12.0. The van der Waals surface area contributed by atoms with Crippen LogP contribution in [0.3, 0.4) is 0 Å². The fourth-order valence-corrected chi connectivity index (χ4v) is 1.86. The van der Waals surface area contributed by atoms with Crippen molar-refractivity contribution in [2.24, 2.45) is 16.5 Å². The summed E-state index contributed by atoms with van der Waals surface area (Å²) in [6.45, 7) is 0.842. The van der Waals surface area contributed by atoms with Crippen LogP contribution in [0, 0.1) is 0 Å². The van der Waals surface area contributed by atoms with Gasteiger partial charge >= 0.3 is 5.97 Å². The minimum Gasteiger partial charge on any atom is -0.502 e. The number of benzene rings is 1. The van der Waals surface area contributed by atoms with E-state index in [4.69, 9.17) is 25.7 Å². The van der Waals surface area contributed by atoms with E-state index in [1.165, 1.54) is 26.4 Å². The van der Waals surface area contributed by atoms with E-state index in [9.17, 15) is 9.90 Å². The first-order valence-corrected chi connectivity index (χ1v) is 7.17. The Balaban J connectivity index is 2.47. The molecule has 0 amide bonds. The van der Waals surface area contributed by atoms with Gasteiger partial charge in [-0.15, -0.1) is 0 Å². The van der Waals surface area contributed by atoms with E-state index in [0.29, 0.717) is 13.0 Å². The molecule has 0 aliphatic rings. The Labute approximate surface area is 135 Å². The van der Waals surface area contributed by atoms with Crippen molar-refractivity contribution in [1.29, 1.82) is 0 Å². The van der Waals surface area contributed by atoms with Crippen molar-refractivity contribution < 1.29 is 24.1 Å². The number of aromatic hydroxyl groups is 1. The number of carbonyl (C=O) groups excluding carboxylic acids is 1. The van der Waals surface area contributed by atoms with Gasteiger partial charge in [0, 0.05) is 6.54 Å². The zero-order valence-electron chi connectivity index (χ0n) is 13.4. The van der Waals surface area contributed by atoms with Crippen molar-refractivity contribution in [2.75, 3.05) is 27.4 Å². The topological polar surface area (TPSA) is 129 Å². The number of guanidine groups is 1. The fourth-order valence-electron chi connectivity index (χ4n) is 1.86. The quantitative estimate of drug-likeness (QED) is 0.267. The molecule has 0 saturated heterocycles. The molecule has 0 spiro atoms. The summed E-state index contributed by atoms with van der Waals surface area (Å²) < 4.78 is 15.2. The molecule has 8 heteroatoms. The number of aliphatic imine (C=N–C) groups is 1. The minimum atomic E-state index is -0.508. The first kappa shape index (κ1) is 18.4. The van der Waals surface area contributed by atoms with E-state index in [-0.39, 0.29) is 35.4 Å². The van der Waals surface area contributed by atoms with Crippen LogP contribution in [0.15, 0.2) is 17.1 Å². The van der Waals surface area contributed by atoms with E-state index >= 15 is 0 Å². The maximum absolute atomic E-state index is 12.0. The van der Waals surface area contributed by atoms with Gasteiger partial charge in [0.1, 0.15) is 0 Å². The van der Waals surface area contributed by atoms with Gasteiger partial charge in [0.2, 0.25) is 5.75 Å². The highest BCUT2D eigenvalue weighted by Crippen LogP contribution is 2.37. The molecule has 23 heavy (non-hydrogen) atoms. The number of hydrogen-bond donors (Lipinski definition) is 3. The number of hydrogen-bond acceptors (Lipinski definition) is 6. The highest BCUT2D eigenvalue weighted by Gasteiger charge is 2.16. The van der Waals surface area contributed by atoms with Crippen LogP contribution in [0.2, 0.25) is 0 Å². The van der Waals surface area contributed by atoms with Crippen molar-refractivity contribution in [1.82, 2.24) is 0 Å². The van der Waals surface area contributed by atoms with Crippen molar-refractivity contribution in [2.45, 2.75) is 19.3 Å². The lowest BCUT2D eigenvalue weighted by Gasteiger charge is -2.11. The molecule has 0 radical (unpaired) electrons. The van der Waals surface area contributed by atoms with Gasteiger partial charge in [-0.05, 0) is 31.4 Å². The first-order valence-electron chi connectivity index (χ1n) is 7.17. The van der Waals surface area contributed by atoms with Gasteiger partial charge in [-0.1, -0.05) is 0 Å². The first-order chi connectivity index (χ1) is 11.0. The van der Waals surface area contributed by atoms with Crippen LogP contribution in [0.5, 0.6) is 17.2 Å². The second-order valence-corrected chi connectivity index (χ2v) is 4.73. The van der Waals surface area contributed by atoms with Crippen LogP contribution in [0.4, 0.5) is 0 Å². The van der Waals surface area contributed by atoms with E-state index in [0.717, 1.165) is 12.8 Å². The zero-order chi connectivity index (χ0) is 17.2. The van der Waals surface area contributed by atoms with Gasteiger partial charge in [0.15, 0.2) is 17.5 Å². The molecule has 1 aromatic carbocycles. The lowest BCUT2D eigenvalue weighted by atomic mass is 10.2. The maximum Gasteiger partial charge on any atom is 0.338 e. The van der Waals surface area contributed by atoms with Crippen molar-refractivity contribution in [3.63, 3.8) is 0 Å². The standard InChI is InChI=1S/C15H23N3O5/c1-21-11-8-10(9-12(22-2)13(11)19)14(20)23-7-5-3-4-6-18-15(16)17/h8-9,19H,3-7H2,1-2H3,(H4,16,17,18). The number of nitrogens with two attached hydrogens (primary N) is 2. The minimum absolute atomic E-state index is 0.0756. The van der Waals surface area contributed by atoms with Crippen molar-refractivity contribution >= 4 is 11.9 Å². The highest BCUT2D eigenvalue weighted by molar-refractivity contribution is 5.91. The highest BCUT2D eigenvalue weighted by atomic mass is 16.5. The molecule has 0 unspecified atom stereocenters. The summed E-state index contributed by atoms with van der Waals surface area (Å²) in [5, 5.41) is 9.80. The Hall–Kier alpha value is -2.64. The average Bonchev–Trinajstić information content (AvgIpc) is 2.53. The van der Waals surface area contributed by atoms with Gasteiger partial charge in [-0.3, -0.25) is 4.99 Å². The third kappa shape index (κ3) is 5.93. The molecule has 0 atom stereocenters. The molecule has 0 aliphatic carbocycles. The summed E-state index contributed by atoms with van der Waals surface area (Å²) >= 11 is 0. The van der Waals surface area contributed by atoms with Gasteiger partial charge in [-0.2, -0.15) is 0 Å². The van der Waals surface area contributed by atoms with E-state index in [2.05, 4.69) is 4.99 Å². The van der Waals surface area contributed by atoms with Crippen LogP contribution in [0.1, 0.15) is 29.6 Å². The second kappa shape index (κ2) is 9.39. The summed E-state index contributed by atoms with van der Waals surface area (Å²) in [7, 11) is 2.78. The molecule has 0 aromatic heterocycles. The summed E-state index contributed by atoms with van der Waals surface area (Å²) in [6, 6.07) is 2.80. The van der Waals surface area contributed by atoms with Crippen molar-refractivity contribution in [3.05, 3.63) is 17.7 Å². The van der Waals surface area contributed by atoms with Crippen LogP contribution in [0.25, 0.3) is 0 Å². The molecule has 128 valence electrons. The summed E-state index contributed by atoms with van der Waals surface area (Å²) in [4.78, 5) is 15.9. The molecule has 0 aliphatic heterocycles. The predicted molar refractivity (Wildman–Crippen MR) is 86.0 cm³/mol. The number of rotatable bonds is 9. The SMILES string of the molecule is COc1cc(C(=O)OCCCCCN=C(N)N)cc(OC)c1O. The van der Waals surface area contributed by atoms with Gasteiger partial charge in [0.25, 0.3) is 0 Å². The Morgan fingerprint density at radius 2 is 1.74 bits per heavy atom. The fraction of sp³-hybridized carbons (Fsp3) is 0.467. The third-order valence-electron chi connectivity index (χ3n) is 3.05. The Kier molecular flexibility index (Phi) is 7.52. The Morgan fingerprint density at radius 1 is 1.13 bits per heavy atom. The predicted octanol–water partition coefficient (Wildman–Crippen LogP) is 1.01. The summed E-state index contributed by atoms with van der Waals surface area (Å²) in [5.41, 5.74) is 10.7. The molecule has 0 saturated carbocycles. The molecule has 1 rings (SSSR count). The average molecular weight is 325 g/mol. The second-order valence-electron chi connectivity index (χ2n) is 4.73. The monoisotopic (exact) mass is 325 g/mol. The molecule has 0 heterocycles. The number of methoxy groups -OCH3 is 2. The number of carbonyl (C=O) groups is 1. The largest absolute Gasteiger partial charge is 0.502 e. The number of phenolic OH excluding ortho intramolecular Hbond substituents is 1. The van der Waals surface area contributed by atoms with Crippen molar-refractivity contribution in [3.8, 4) is 17.2 Å². The number of nitrogens with zero attached hydrogens (tertiary/aromatic N) is 1. The van der Waals surface area contributed by atoms with E-state index < -0.39 is 5.97 Å². The van der Waals surface area contributed by atoms with Gasteiger partial charge in [-0.25, -0.2) is 4.79 Å². The Bertz CT molecular complexity index is 531. The van der Waals surface area contributed by atoms with Gasteiger partial charge < -0.3 is 30.8 Å². The molecule has 0 bridgehead atoms. The smallest absolute Gasteiger partial charge is 0.338 e. The summed E-state index contributed by atoms with van der Waals surface area (Å²) in [5.74, 6) is -0.300. The molecule has 5 N–H and O–H groups in total. The molecule has 0 fully saturated rings. The van der Waals surface area contributed by atoms with E-state index in [1.54, 1.807) is 0 Å². The summed E-state index contributed by atoms with van der Waals surface area (Å²) in [6.07, 6.45) is 2.36. The molecule has 8 nitrogen and oxygen atoms in total. The van der Waals surface area contributed by atoms with Crippen LogP contribution < -0.4 is 20.9 Å². The molecule has 1 aromatic rings. The van der Waals surface area contributed by atoms with Crippen LogP contribution in [-0.2, 0) is 4.74 Å². The third-order valence-corrected chi connectivity index (χ3v) is 3.05. The van der Waals surface area contributed by atoms with Crippen LogP contribution >= 0.6 is 0 Å². The lowest BCUT2D eigenvalue weighted by Crippen LogP contribution is -2.22. The number of phenols is 1. The number of esters is 1. The Morgan fingerprint density at radius 3 is 2.26 bits per heavy atom. The lowest BCUT2D eigenvalue weighted by molar-refractivity contribution is 0.0497. The number of ether oxygens (including phenoxy) is 3. The number of unbranched alkanes of at least 4 members (excludes halogenated alkanes) is 2. The van der Waals surface area contributed by atoms with Gasteiger partial charge in [0.05, 0.1) is 26.4 Å². The van der Waals surface area contributed by atoms with E-state index in [1.807, 2.05) is 0 Å².